The molecule has 150 valence electrons. The predicted octanol–water partition coefficient (Wildman–Crippen LogP) is 3.41. The first-order valence-electron chi connectivity index (χ1n) is 8.49. The van der Waals surface area contributed by atoms with Crippen molar-refractivity contribution in [3.05, 3.63) is 46.6 Å². The first-order valence-corrected chi connectivity index (χ1v) is 8.49. The minimum Gasteiger partial charge on any atom is -0.459 e. The van der Waals surface area contributed by atoms with Crippen molar-refractivity contribution in [1.82, 2.24) is 9.78 Å². The van der Waals surface area contributed by atoms with E-state index < -0.39 is 30.0 Å². The fraction of sp³-hybridized carbons (Fsp3) is 0.389. The third-order valence-electron chi connectivity index (χ3n) is 4.40. The second-order valence-corrected chi connectivity index (χ2v) is 6.44. The summed E-state index contributed by atoms with van der Waals surface area (Å²) in [7, 11) is 0. The highest BCUT2D eigenvalue weighted by Crippen LogP contribution is 2.36. The molecular weight excluding hydrogens is 377 g/mol. The van der Waals surface area contributed by atoms with Crippen LogP contribution in [0.25, 0.3) is 0 Å². The van der Waals surface area contributed by atoms with E-state index in [1.54, 1.807) is 13.8 Å². The molecule has 0 aliphatic carbocycles. The number of ether oxygens (including phenoxy) is 1. The predicted molar refractivity (Wildman–Crippen MR) is 94.6 cm³/mol. The van der Waals surface area contributed by atoms with E-state index in [0.717, 1.165) is 12.1 Å². The fourth-order valence-electron chi connectivity index (χ4n) is 2.99. The van der Waals surface area contributed by atoms with Gasteiger partial charge in [-0.2, -0.15) is 18.3 Å². The Morgan fingerprint density at radius 3 is 2.57 bits per heavy atom. The number of hydrogen-bond donors (Lipinski definition) is 2. The van der Waals surface area contributed by atoms with Crippen LogP contribution in [-0.4, -0.2) is 26.7 Å². The number of aliphatic imine (C=N–C) groups is 1. The Labute approximate surface area is 158 Å². The molecule has 1 aliphatic heterocycles. The number of aromatic nitrogens is 2. The van der Waals surface area contributed by atoms with E-state index in [-0.39, 0.29) is 6.61 Å². The molecule has 0 saturated heterocycles. The van der Waals surface area contributed by atoms with E-state index in [0.29, 0.717) is 28.5 Å². The summed E-state index contributed by atoms with van der Waals surface area (Å²) < 4.78 is 44.9. The van der Waals surface area contributed by atoms with Gasteiger partial charge >= 0.3 is 12.1 Å². The van der Waals surface area contributed by atoms with Crippen molar-refractivity contribution in [1.29, 1.82) is 0 Å². The third-order valence-corrected chi connectivity index (χ3v) is 4.40. The molecule has 1 aliphatic rings. The van der Waals surface area contributed by atoms with Crippen LogP contribution in [0.15, 0.2) is 29.3 Å². The number of amidine groups is 1. The molecule has 0 radical (unpaired) electrons. The van der Waals surface area contributed by atoms with Gasteiger partial charge in [-0.15, -0.1) is 0 Å². The van der Waals surface area contributed by atoms with Gasteiger partial charge in [-0.1, -0.05) is 12.1 Å². The Morgan fingerprint density at radius 1 is 1.36 bits per heavy atom. The molecule has 1 aromatic carbocycles. The number of esters is 1. The van der Waals surface area contributed by atoms with Crippen LogP contribution in [0, 0.1) is 0 Å². The molecule has 3 rings (SSSR count). The summed E-state index contributed by atoms with van der Waals surface area (Å²) >= 11 is 0. The van der Waals surface area contributed by atoms with Gasteiger partial charge < -0.3 is 15.2 Å². The molecule has 1 aromatic heterocycles. The monoisotopic (exact) mass is 396 g/mol. The van der Waals surface area contributed by atoms with Crippen molar-refractivity contribution in [3.63, 3.8) is 0 Å². The lowest BCUT2D eigenvalue weighted by Gasteiger charge is -2.22. The van der Waals surface area contributed by atoms with Crippen LogP contribution in [0.5, 0.6) is 0 Å². The third kappa shape index (κ3) is 3.86. The SMILES string of the molecule is CC(=O)OCc1nn(C(C)c2ccc(C(F)(F)F)cc2)c2c1C(O)N=C(C)N2. The highest BCUT2D eigenvalue weighted by Gasteiger charge is 2.32. The molecule has 0 saturated carbocycles. The van der Waals surface area contributed by atoms with Gasteiger partial charge in [-0.3, -0.25) is 4.79 Å². The van der Waals surface area contributed by atoms with Crippen LogP contribution in [0.3, 0.4) is 0 Å². The number of alkyl halides is 3. The molecular formula is C18H19F3N4O3. The van der Waals surface area contributed by atoms with E-state index in [2.05, 4.69) is 15.4 Å². The van der Waals surface area contributed by atoms with Gasteiger partial charge in [0.2, 0.25) is 0 Å². The lowest BCUT2D eigenvalue weighted by molar-refractivity contribution is -0.142. The molecule has 0 bridgehead atoms. The number of nitrogens with zero attached hydrogens (tertiary/aromatic N) is 3. The summed E-state index contributed by atoms with van der Waals surface area (Å²) in [6.07, 6.45) is -5.60. The summed E-state index contributed by atoms with van der Waals surface area (Å²) in [4.78, 5) is 15.2. The number of aliphatic hydroxyl groups is 1. The quantitative estimate of drug-likeness (QED) is 0.774. The van der Waals surface area contributed by atoms with Crippen LogP contribution < -0.4 is 5.32 Å². The largest absolute Gasteiger partial charge is 0.459 e. The number of carbonyl (C=O) groups excluding carboxylic acids is 1. The Morgan fingerprint density at radius 2 is 2.00 bits per heavy atom. The van der Waals surface area contributed by atoms with Crippen LogP contribution in [0.1, 0.15) is 55.4 Å². The van der Waals surface area contributed by atoms with E-state index in [4.69, 9.17) is 4.74 Å². The van der Waals surface area contributed by atoms with Crippen LogP contribution in [0.4, 0.5) is 19.0 Å². The number of nitrogens with one attached hydrogen (secondary N) is 1. The lowest BCUT2D eigenvalue weighted by Crippen LogP contribution is -2.21. The Kier molecular flexibility index (Phi) is 5.16. The minimum absolute atomic E-state index is 0.155. The van der Waals surface area contributed by atoms with Crippen molar-refractivity contribution >= 4 is 17.6 Å². The first kappa shape index (κ1) is 19.9. The second kappa shape index (κ2) is 7.27. The summed E-state index contributed by atoms with van der Waals surface area (Å²) in [5.74, 6) is 0.409. The van der Waals surface area contributed by atoms with Crippen molar-refractivity contribution in [3.8, 4) is 0 Å². The molecule has 2 N–H and O–H groups in total. The van der Waals surface area contributed by atoms with Crippen molar-refractivity contribution in [2.75, 3.05) is 5.32 Å². The minimum atomic E-state index is -4.41. The molecule has 2 atom stereocenters. The molecule has 2 aromatic rings. The summed E-state index contributed by atoms with van der Waals surface area (Å²) in [5, 5.41) is 17.8. The second-order valence-electron chi connectivity index (χ2n) is 6.44. The smallest absolute Gasteiger partial charge is 0.416 e. The van der Waals surface area contributed by atoms with E-state index >= 15 is 0 Å². The average Bonchev–Trinajstić information content (AvgIpc) is 2.97. The Hall–Kier alpha value is -2.88. The lowest BCUT2D eigenvalue weighted by atomic mass is 10.1. The highest BCUT2D eigenvalue weighted by atomic mass is 19.4. The van der Waals surface area contributed by atoms with Crippen molar-refractivity contribution in [2.24, 2.45) is 4.99 Å². The van der Waals surface area contributed by atoms with Gasteiger partial charge in [-0.25, -0.2) is 9.67 Å². The van der Waals surface area contributed by atoms with Crippen LogP contribution in [-0.2, 0) is 22.3 Å². The molecule has 0 amide bonds. The van der Waals surface area contributed by atoms with E-state index in [1.807, 2.05) is 0 Å². The topological polar surface area (TPSA) is 88.7 Å². The zero-order valence-electron chi connectivity index (χ0n) is 15.4. The molecule has 0 spiro atoms. The van der Waals surface area contributed by atoms with E-state index in [1.165, 1.54) is 23.7 Å². The van der Waals surface area contributed by atoms with Gasteiger partial charge in [0.1, 0.15) is 24.0 Å². The van der Waals surface area contributed by atoms with Gasteiger partial charge in [-0.05, 0) is 31.5 Å². The number of anilines is 1. The maximum Gasteiger partial charge on any atom is 0.416 e. The number of fused-ring (bicyclic) bond motifs is 1. The number of carbonyl (C=O) groups is 1. The zero-order valence-corrected chi connectivity index (χ0v) is 15.4. The maximum absolute atomic E-state index is 12.8. The van der Waals surface area contributed by atoms with Crippen LogP contribution in [0.2, 0.25) is 0 Å². The molecule has 7 nitrogen and oxygen atoms in total. The normalized spacial score (nSPS) is 17.4. The summed E-state index contributed by atoms with van der Waals surface area (Å²) in [6.45, 7) is 4.53. The van der Waals surface area contributed by atoms with Crippen molar-refractivity contribution in [2.45, 2.75) is 45.8 Å². The van der Waals surface area contributed by atoms with Crippen LogP contribution >= 0.6 is 0 Å². The Balaban J connectivity index is 1.99. The number of aliphatic hydroxyl groups excluding tert-OH is 1. The van der Waals surface area contributed by atoms with Gasteiger partial charge in [0.25, 0.3) is 0 Å². The molecule has 2 heterocycles. The molecule has 28 heavy (non-hydrogen) atoms. The molecule has 0 fully saturated rings. The van der Waals surface area contributed by atoms with Gasteiger partial charge in [0.05, 0.1) is 17.2 Å². The van der Waals surface area contributed by atoms with Gasteiger partial charge in [0.15, 0.2) is 6.23 Å². The van der Waals surface area contributed by atoms with E-state index in [9.17, 15) is 23.1 Å². The Bertz CT molecular complexity index is 919. The fourth-order valence-corrected chi connectivity index (χ4v) is 2.99. The maximum atomic E-state index is 12.8. The first-order chi connectivity index (χ1) is 13.1. The number of benzene rings is 1. The summed E-state index contributed by atoms with van der Waals surface area (Å²) in [6, 6.07) is 4.33. The molecule has 2 unspecified atom stereocenters. The summed E-state index contributed by atoms with van der Waals surface area (Å²) in [5.41, 5.74) is 0.539. The number of halogens is 3. The average molecular weight is 396 g/mol. The highest BCUT2D eigenvalue weighted by molar-refractivity contribution is 5.95. The molecule has 10 heteroatoms. The number of rotatable bonds is 4. The van der Waals surface area contributed by atoms with Crippen molar-refractivity contribution < 1.29 is 27.8 Å². The standard InChI is InChI=1S/C18H19F3N4O3/c1-9(12-4-6-13(7-5-12)18(19,20)21)25-16-15(17(27)23-10(2)22-16)14(24-25)8-28-11(3)26/h4-7,9,17,27H,8H2,1-3H3,(H,22,23). The zero-order chi connectivity index (χ0) is 20.6. The number of hydrogen-bond acceptors (Lipinski definition) is 6. The van der Waals surface area contributed by atoms with Gasteiger partial charge in [0, 0.05) is 6.92 Å².